The van der Waals surface area contributed by atoms with E-state index in [0.717, 1.165) is 42.3 Å². The highest BCUT2D eigenvalue weighted by atomic mass is 32.1. The van der Waals surface area contributed by atoms with Crippen LogP contribution in [0.15, 0.2) is 29.7 Å². The average Bonchev–Trinajstić information content (AvgIpc) is 3.37. The molecule has 0 unspecified atom stereocenters. The van der Waals surface area contributed by atoms with Gasteiger partial charge in [0.05, 0.1) is 6.10 Å². The first kappa shape index (κ1) is 18.6. The molecule has 1 saturated heterocycles. The summed E-state index contributed by atoms with van der Waals surface area (Å²) in [4.78, 5) is 25.2. The number of thiophene rings is 1. The number of esters is 1. The number of aryl methyl sites for hydroxylation is 1. The van der Waals surface area contributed by atoms with Gasteiger partial charge in [-0.2, -0.15) is 0 Å². The van der Waals surface area contributed by atoms with Crippen LogP contribution in [0.4, 0.5) is 0 Å². The molecule has 0 N–H and O–H groups in total. The molecule has 1 atom stereocenters. The van der Waals surface area contributed by atoms with E-state index in [1.165, 1.54) is 17.4 Å². The van der Waals surface area contributed by atoms with E-state index in [1.807, 2.05) is 37.4 Å². The molecule has 3 rings (SSSR count). The SMILES string of the molecule is Cc1cc(C(=O)COC(=O)/C=C/c2cccs2)c(C)n1C[C@@H]1CCCO1. The fraction of sp³-hybridized carbons (Fsp3) is 0.400. The molecule has 138 valence electrons. The van der Waals surface area contributed by atoms with Gasteiger partial charge in [0.2, 0.25) is 5.78 Å². The van der Waals surface area contributed by atoms with Crippen LogP contribution in [0.3, 0.4) is 0 Å². The zero-order valence-corrected chi connectivity index (χ0v) is 15.9. The maximum absolute atomic E-state index is 12.5. The zero-order chi connectivity index (χ0) is 18.5. The highest BCUT2D eigenvalue weighted by Crippen LogP contribution is 2.20. The lowest BCUT2D eigenvalue weighted by Gasteiger charge is -2.14. The van der Waals surface area contributed by atoms with Crippen molar-refractivity contribution in [2.75, 3.05) is 13.2 Å². The second kappa shape index (κ2) is 8.47. The van der Waals surface area contributed by atoms with Gasteiger partial charge in [-0.25, -0.2) is 4.79 Å². The number of carbonyl (C=O) groups excluding carboxylic acids is 2. The van der Waals surface area contributed by atoms with Crippen LogP contribution in [0.5, 0.6) is 0 Å². The van der Waals surface area contributed by atoms with Crippen LogP contribution in [-0.4, -0.2) is 35.6 Å². The summed E-state index contributed by atoms with van der Waals surface area (Å²) in [6.45, 7) is 5.22. The standard InChI is InChI=1S/C20H23NO4S/c1-14-11-18(15(2)21(14)12-16-5-3-9-24-16)19(22)13-25-20(23)8-7-17-6-4-10-26-17/h4,6-8,10-11,16H,3,5,9,12-13H2,1-2H3/b8-7+/t16-/m0/s1. The Hall–Kier alpha value is -2.18. The predicted molar refractivity (Wildman–Crippen MR) is 102 cm³/mol. The minimum absolute atomic E-state index is 0.186. The molecule has 1 aliphatic heterocycles. The van der Waals surface area contributed by atoms with Gasteiger partial charge in [-0.05, 0) is 50.3 Å². The molecular formula is C20H23NO4S. The normalized spacial score (nSPS) is 17.1. The van der Waals surface area contributed by atoms with Gasteiger partial charge >= 0.3 is 5.97 Å². The summed E-state index contributed by atoms with van der Waals surface area (Å²) in [5, 5.41) is 1.93. The van der Waals surface area contributed by atoms with Crippen LogP contribution in [0.1, 0.15) is 39.5 Å². The summed E-state index contributed by atoms with van der Waals surface area (Å²) in [5.74, 6) is -0.700. The Kier molecular flexibility index (Phi) is 6.06. The molecule has 3 heterocycles. The second-order valence-corrected chi connectivity index (χ2v) is 7.39. The first-order chi connectivity index (χ1) is 12.5. The Bertz CT molecular complexity index is 798. The van der Waals surface area contributed by atoms with E-state index in [-0.39, 0.29) is 18.5 Å². The van der Waals surface area contributed by atoms with Crippen molar-refractivity contribution >= 4 is 29.2 Å². The molecule has 0 spiro atoms. The minimum atomic E-state index is -0.514. The van der Waals surface area contributed by atoms with E-state index in [4.69, 9.17) is 9.47 Å². The Labute approximate surface area is 157 Å². The number of Topliss-reactive ketones (excluding diaryl/α,β-unsaturated/α-hetero) is 1. The van der Waals surface area contributed by atoms with Crippen LogP contribution in [0.2, 0.25) is 0 Å². The molecule has 1 fully saturated rings. The number of ether oxygens (including phenoxy) is 2. The van der Waals surface area contributed by atoms with E-state index >= 15 is 0 Å². The largest absolute Gasteiger partial charge is 0.454 e. The van der Waals surface area contributed by atoms with Crippen LogP contribution >= 0.6 is 11.3 Å². The number of hydrogen-bond donors (Lipinski definition) is 0. The summed E-state index contributed by atoms with van der Waals surface area (Å²) in [6.07, 6.45) is 5.38. The van der Waals surface area contributed by atoms with E-state index in [2.05, 4.69) is 4.57 Å². The van der Waals surface area contributed by atoms with Crippen LogP contribution < -0.4 is 0 Å². The Morgan fingerprint density at radius 1 is 1.42 bits per heavy atom. The monoisotopic (exact) mass is 373 g/mol. The lowest BCUT2D eigenvalue weighted by Crippen LogP contribution is -2.18. The van der Waals surface area contributed by atoms with Crippen LogP contribution in [0, 0.1) is 13.8 Å². The summed E-state index contributed by atoms with van der Waals surface area (Å²) < 4.78 is 12.9. The molecule has 0 aromatic carbocycles. The maximum atomic E-state index is 12.5. The van der Waals surface area contributed by atoms with Crippen molar-refractivity contribution in [3.8, 4) is 0 Å². The average molecular weight is 373 g/mol. The van der Waals surface area contributed by atoms with Gasteiger partial charge < -0.3 is 14.0 Å². The van der Waals surface area contributed by atoms with E-state index < -0.39 is 5.97 Å². The van der Waals surface area contributed by atoms with Crippen molar-refractivity contribution < 1.29 is 19.1 Å². The fourth-order valence-corrected chi connectivity index (χ4v) is 3.77. The van der Waals surface area contributed by atoms with Crippen molar-refractivity contribution in [1.29, 1.82) is 0 Å². The van der Waals surface area contributed by atoms with Gasteiger partial charge in [-0.3, -0.25) is 4.79 Å². The van der Waals surface area contributed by atoms with E-state index in [9.17, 15) is 9.59 Å². The van der Waals surface area contributed by atoms with Crippen molar-refractivity contribution in [2.45, 2.75) is 39.3 Å². The van der Waals surface area contributed by atoms with E-state index in [0.29, 0.717) is 5.56 Å². The van der Waals surface area contributed by atoms with Gasteiger partial charge in [0.25, 0.3) is 0 Å². The van der Waals surface area contributed by atoms with Crippen molar-refractivity contribution in [1.82, 2.24) is 4.57 Å². The molecule has 0 aliphatic carbocycles. The van der Waals surface area contributed by atoms with Crippen molar-refractivity contribution in [3.05, 3.63) is 51.5 Å². The molecule has 26 heavy (non-hydrogen) atoms. The summed E-state index contributed by atoms with van der Waals surface area (Å²) >= 11 is 1.53. The first-order valence-electron chi connectivity index (χ1n) is 8.74. The maximum Gasteiger partial charge on any atom is 0.331 e. The highest BCUT2D eigenvalue weighted by molar-refractivity contribution is 7.10. The molecule has 2 aromatic rings. The number of ketones is 1. The third kappa shape index (κ3) is 4.51. The Morgan fingerprint density at radius 3 is 2.96 bits per heavy atom. The third-order valence-corrected chi connectivity index (χ3v) is 5.39. The smallest absolute Gasteiger partial charge is 0.331 e. The summed E-state index contributed by atoms with van der Waals surface area (Å²) in [6, 6.07) is 5.68. The molecule has 0 saturated carbocycles. The molecule has 5 nitrogen and oxygen atoms in total. The minimum Gasteiger partial charge on any atom is -0.454 e. The van der Waals surface area contributed by atoms with Gasteiger partial charge in [0.15, 0.2) is 6.61 Å². The number of rotatable bonds is 7. The molecule has 2 aromatic heterocycles. The Balaban J connectivity index is 1.58. The fourth-order valence-electron chi connectivity index (χ4n) is 3.16. The number of hydrogen-bond acceptors (Lipinski definition) is 5. The third-order valence-electron chi connectivity index (χ3n) is 4.56. The van der Waals surface area contributed by atoms with Gasteiger partial charge in [-0.15, -0.1) is 11.3 Å². The van der Waals surface area contributed by atoms with Crippen molar-refractivity contribution in [2.24, 2.45) is 0 Å². The number of carbonyl (C=O) groups is 2. The lowest BCUT2D eigenvalue weighted by atomic mass is 10.1. The first-order valence-corrected chi connectivity index (χ1v) is 9.62. The quantitative estimate of drug-likeness (QED) is 0.421. The number of nitrogens with zero attached hydrogens (tertiary/aromatic N) is 1. The molecule has 0 radical (unpaired) electrons. The number of aromatic nitrogens is 1. The van der Waals surface area contributed by atoms with Crippen molar-refractivity contribution in [3.63, 3.8) is 0 Å². The lowest BCUT2D eigenvalue weighted by molar-refractivity contribution is -0.136. The summed E-state index contributed by atoms with van der Waals surface area (Å²) in [7, 11) is 0. The Morgan fingerprint density at radius 2 is 2.27 bits per heavy atom. The molecule has 0 amide bonds. The second-order valence-electron chi connectivity index (χ2n) is 6.41. The molecule has 6 heteroatoms. The molecule has 1 aliphatic rings. The van der Waals surface area contributed by atoms with Gasteiger partial charge in [0, 0.05) is 41.1 Å². The van der Waals surface area contributed by atoms with Crippen LogP contribution in [-0.2, 0) is 20.8 Å². The summed E-state index contributed by atoms with van der Waals surface area (Å²) in [5.41, 5.74) is 2.52. The topological polar surface area (TPSA) is 57.5 Å². The van der Waals surface area contributed by atoms with Gasteiger partial charge in [0.1, 0.15) is 0 Å². The molecular weight excluding hydrogens is 350 g/mol. The molecule has 0 bridgehead atoms. The highest BCUT2D eigenvalue weighted by Gasteiger charge is 2.21. The van der Waals surface area contributed by atoms with Gasteiger partial charge in [-0.1, -0.05) is 6.07 Å². The van der Waals surface area contributed by atoms with Crippen LogP contribution in [0.25, 0.3) is 6.08 Å². The predicted octanol–water partition coefficient (Wildman–Crippen LogP) is 3.78. The van der Waals surface area contributed by atoms with E-state index in [1.54, 1.807) is 6.08 Å². The zero-order valence-electron chi connectivity index (χ0n) is 15.1.